The van der Waals surface area contributed by atoms with E-state index in [2.05, 4.69) is 15.2 Å². The van der Waals surface area contributed by atoms with Crippen molar-refractivity contribution >= 4 is 5.84 Å². The maximum atomic E-state index is 7.72. The summed E-state index contributed by atoms with van der Waals surface area (Å²) in [6.45, 7) is 7.62. The summed E-state index contributed by atoms with van der Waals surface area (Å²) >= 11 is 0. The third-order valence-corrected chi connectivity index (χ3v) is 3.19. The van der Waals surface area contributed by atoms with Gasteiger partial charge < -0.3 is 5.73 Å². The molecule has 0 saturated heterocycles. The summed E-state index contributed by atoms with van der Waals surface area (Å²) in [5.74, 6) is 0.551. The van der Waals surface area contributed by atoms with Gasteiger partial charge in [-0.1, -0.05) is 0 Å². The van der Waals surface area contributed by atoms with Gasteiger partial charge >= 0.3 is 0 Å². The van der Waals surface area contributed by atoms with E-state index in [4.69, 9.17) is 11.1 Å². The third kappa shape index (κ3) is 1.75. The van der Waals surface area contributed by atoms with E-state index in [0.29, 0.717) is 11.4 Å². The van der Waals surface area contributed by atoms with Crippen molar-refractivity contribution < 1.29 is 0 Å². The van der Waals surface area contributed by atoms with Gasteiger partial charge in [0.15, 0.2) is 5.82 Å². The van der Waals surface area contributed by atoms with E-state index in [1.807, 2.05) is 32.3 Å². The number of aromatic nitrogens is 4. The van der Waals surface area contributed by atoms with E-state index in [-0.39, 0.29) is 5.84 Å². The maximum Gasteiger partial charge on any atom is 0.172 e. The predicted molar refractivity (Wildman–Crippen MR) is 69.1 cm³/mol. The standard InChI is InChI=1S/C12H16N6/c1-6-7(2)16-17-12(10(6)11(13)14)18-5-15-8(3)9(18)4/h5H,1-4H3,(H3,13,14). The minimum Gasteiger partial charge on any atom is -0.384 e. The summed E-state index contributed by atoms with van der Waals surface area (Å²) in [5, 5.41) is 16.0. The van der Waals surface area contributed by atoms with Crippen LogP contribution in [0.25, 0.3) is 5.82 Å². The molecule has 0 saturated carbocycles. The molecule has 0 radical (unpaired) electrons. The van der Waals surface area contributed by atoms with Crippen LogP contribution in [-0.2, 0) is 0 Å². The Labute approximate surface area is 105 Å². The summed E-state index contributed by atoms with van der Waals surface area (Å²) in [7, 11) is 0. The van der Waals surface area contributed by atoms with Crippen molar-refractivity contribution in [3.05, 3.63) is 34.5 Å². The average molecular weight is 244 g/mol. The molecule has 2 heterocycles. The zero-order valence-corrected chi connectivity index (χ0v) is 10.9. The quantitative estimate of drug-likeness (QED) is 0.612. The highest BCUT2D eigenvalue weighted by molar-refractivity contribution is 5.99. The molecule has 0 aromatic carbocycles. The smallest absolute Gasteiger partial charge is 0.172 e. The number of imidazole rings is 1. The summed E-state index contributed by atoms with van der Waals surface area (Å²) in [4.78, 5) is 4.23. The first-order valence-electron chi connectivity index (χ1n) is 5.62. The largest absolute Gasteiger partial charge is 0.384 e. The van der Waals surface area contributed by atoms with Crippen LogP contribution in [0.1, 0.15) is 28.2 Å². The van der Waals surface area contributed by atoms with Crippen LogP contribution >= 0.6 is 0 Å². The number of hydrogen-bond acceptors (Lipinski definition) is 4. The molecule has 6 heteroatoms. The first kappa shape index (κ1) is 12.2. The summed E-state index contributed by atoms with van der Waals surface area (Å²) in [5.41, 5.74) is 9.81. The van der Waals surface area contributed by atoms with Gasteiger partial charge in [-0.2, -0.15) is 5.10 Å². The molecule has 0 amide bonds. The molecule has 2 aromatic rings. The molecule has 0 aliphatic carbocycles. The van der Waals surface area contributed by atoms with Crippen LogP contribution in [0.2, 0.25) is 0 Å². The summed E-state index contributed by atoms with van der Waals surface area (Å²) < 4.78 is 1.81. The Morgan fingerprint density at radius 3 is 2.33 bits per heavy atom. The number of nitrogen functional groups attached to an aromatic ring is 1. The van der Waals surface area contributed by atoms with Crippen molar-refractivity contribution in [3.63, 3.8) is 0 Å². The Morgan fingerprint density at radius 2 is 1.83 bits per heavy atom. The van der Waals surface area contributed by atoms with Crippen LogP contribution in [0.15, 0.2) is 6.33 Å². The number of amidine groups is 1. The van der Waals surface area contributed by atoms with Crippen molar-refractivity contribution in [1.29, 1.82) is 5.41 Å². The number of nitrogens with one attached hydrogen (secondary N) is 1. The Bertz CT molecular complexity index is 626. The van der Waals surface area contributed by atoms with Crippen molar-refractivity contribution in [3.8, 4) is 5.82 Å². The molecule has 6 nitrogen and oxygen atoms in total. The SMILES string of the molecule is Cc1nnc(-n2cnc(C)c2C)c(C(=N)N)c1C. The molecule has 3 N–H and O–H groups in total. The van der Waals surface area contributed by atoms with Gasteiger partial charge in [0.1, 0.15) is 12.2 Å². The number of rotatable bonds is 2. The van der Waals surface area contributed by atoms with Gasteiger partial charge in [-0.05, 0) is 33.3 Å². The second kappa shape index (κ2) is 4.21. The average Bonchev–Trinajstić information content (AvgIpc) is 2.63. The lowest BCUT2D eigenvalue weighted by Crippen LogP contribution is -2.19. The second-order valence-electron chi connectivity index (χ2n) is 4.31. The second-order valence-corrected chi connectivity index (χ2v) is 4.31. The molecule has 18 heavy (non-hydrogen) atoms. The molecule has 0 aliphatic rings. The maximum absolute atomic E-state index is 7.72. The monoisotopic (exact) mass is 244 g/mol. The number of nitrogens with two attached hydrogens (primary N) is 1. The number of nitrogens with zero attached hydrogens (tertiary/aromatic N) is 4. The van der Waals surface area contributed by atoms with Crippen LogP contribution in [0.4, 0.5) is 0 Å². The Kier molecular flexibility index (Phi) is 2.86. The van der Waals surface area contributed by atoms with E-state index < -0.39 is 0 Å². The number of aryl methyl sites for hydroxylation is 2. The van der Waals surface area contributed by atoms with Gasteiger partial charge in [0.25, 0.3) is 0 Å². The Balaban J connectivity index is 2.76. The Morgan fingerprint density at radius 1 is 1.17 bits per heavy atom. The fourth-order valence-corrected chi connectivity index (χ4v) is 1.80. The van der Waals surface area contributed by atoms with E-state index in [9.17, 15) is 0 Å². The highest BCUT2D eigenvalue weighted by Crippen LogP contribution is 2.19. The molecule has 2 rings (SSSR count). The summed E-state index contributed by atoms with van der Waals surface area (Å²) in [6.07, 6.45) is 1.68. The van der Waals surface area contributed by atoms with Gasteiger partial charge in [-0.15, -0.1) is 5.10 Å². The van der Waals surface area contributed by atoms with Crippen LogP contribution in [0, 0.1) is 33.1 Å². The molecule has 0 fully saturated rings. The molecular formula is C12H16N6. The number of hydrogen-bond donors (Lipinski definition) is 2. The first-order valence-corrected chi connectivity index (χ1v) is 5.62. The fraction of sp³-hybridized carbons (Fsp3) is 0.333. The summed E-state index contributed by atoms with van der Waals surface area (Å²) in [6, 6.07) is 0. The highest BCUT2D eigenvalue weighted by Gasteiger charge is 2.17. The third-order valence-electron chi connectivity index (χ3n) is 3.19. The highest BCUT2D eigenvalue weighted by atomic mass is 15.2. The van der Waals surface area contributed by atoms with Gasteiger partial charge in [0, 0.05) is 5.69 Å². The Hall–Kier alpha value is -2.24. The van der Waals surface area contributed by atoms with Crippen molar-refractivity contribution in [2.45, 2.75) is 27.7 Å². The van der Waals surface area contributed by atoms with Crippen molar-refractivity contribution in [1.82, 2.24) is 19.7 Å². The zero-order valence-electron chi connectivity index (χ0n) is 10.9. The fourth-order valence-electron chi connectivity index (χ4n) is 1.80. The molecule has 94 valence electrons. The van der Waals surface area contributed by atoms with E-state index in [0.717, 1.165) is 22.6 Å². The van der Waals surface area contributed by atoms with Gasteiger partial charge in [0.05, 0.1) is 17.0 Å². The van der Waals surface area contributed by atoms with Crippen molar-refractivity contribution in [2.24, 2.45) is 5.73 Å². The van der Waals surface area contributed by atoms with Crippen LogP contribution in [-0.4, -0.2) is 25.6 Å². The normalized spacial score (nSPS) is 10.7. The van der Waals surface area contributed by atoms with Gasteiger partial charge in [0.2, 0.25) is 0 Å². The lowest BCUT2D eigenvalue weighted by molar-refractivity contribution is 0.857. The topological polar surface area (TPSA) is 93.5 Å². The molecule has 0 unspecified atom stereocenters. The molecular weight excluding hydrogens is 228 g/mol. The molecule has 2 aromatic heterocycles. The molecule has 0 atom stereocenters. The molecule has 0 aliphatic heterocycles. The van der Waals surface area contributed by atoms with Crippen LogP contribution in [0.5, 0.6) is 0 Å². The predicted octanol–water partition coefficient (Wildman–Crippen LogP) is 1.18. The lowest BCUT2D eigenvalue weighted by atomic mass is 10.1. The van der Waals surface area contributed by atoms with E-state index >= 15 is 0 Å². The minimum atomic E-state index is -0.00810. The zero-order chi connectivity index (χ0) is 13.4. The molecule has 0 bridgehead atoms. The van der Waals surface area contributed by atoms with Gasteiger partial charge in [-0.25, -0.2) is 4.98 Å². The first-order chi connectivity index (χ1) is 8.43. The van der Waals surface area contributed by atoms with Crippen molar-refractivity contribution in [2.75, 3.05) is 0 Å². The van der Waals surface area contributed by atoms with Gasteiger partial charge in [-0.3, -0.25) is 9.98 Å². The van der Waals surface area contributed by atoms with Crippen LogP contribution < -0.4 is 5.73 Å². The minimum absolute atomic E-state index is 0.00810. The van der Waals surface area contributed by atoms with Crippen LogP contribution in [0.3, 0.4) is 0 Å². The van der Waals surface area contributed by atoms with E-state index in [1.165, 1.54) is 0 Å². The lowest BCUT2D eigenvalue weighted by Gasteiger charge is -2.13. The molecule has 0 spiro atoms. The van der Waals surface area contributed by atoms with E-state index in [1.54, 1.807) is 6.33 Å².